The molecule has 0 amide bonds. The maximum absolute atomic E-state index is 12.0. The molecule has 0 aliphatic heterocycles. The van der Waals surface area contributed by atoms with E-state index in [2.05, 4.69) is 0 Å². The van der Waals surface area contributed by atoms with Crippen molar-refractivity contribution < 1.29 is 22.0 Å². The fourth-order valence-electron chi connectivity index (χ4n) is 0.827. The Hall–Kier alpha value is -1.40. The first kappa shape index (κ1) is 10.7. The van der Waals surface area contributed by atoms with Crippen LogP contribution in [0.1, 0.15) is 17.6 Å². The van der Waals surface area contributed by atoms with Crippen LogP contribution in [0.2, 0.25) is 0 Å². The third-order valence-electron chi connectivity index (χ3n) is 1.49. The zero-order valence-corrected chi connectivity index (χ0v) is 6.53. The Morgan fingerprint density at radius 1 is 1.29 bits per heavy atom. The van der Waals surface area contributed by atoms with Crippen LogP contribution in [0.25, 0.3) is 0 Å². The number of hydrogen-bond donors (Lipinski definition) is 1. The highest BCUT2D eigenvalue weighted by Crippen LogP contribution is 2.29. The largest absolute Gasteiger partial charge is 0.417 e. The summed E-state index contributed by atoms with van der Waals surface area (Å²) < 4.78 is 60.0. The summed E-state index contributed by atoms with van der Waals surface area (Å²) in [6, 6.07) is 0.142. The normalized spacial score (nSPS) is 12.1. The molecule has 2 nitrogen and oxygen atoms in total. The first-order valence-electron chi connectivity index (χ1n) is 3.40. The van der Waals surface area contributed by atoms with E-state index in [9.17, 15) is 26.7 Å². The predicted molar refractivity (Wildman–Crippen MR) is 37.0 cm³/mol. The van der Waals surface area contributed by atoms with E-state index in [4.69, 9.17) is 0 Å². The Bertz CT molecular complexity index is 380. The number of halogens is 5. The lowest BCUT2D eigenvalue weighted by atomic mass is 10.2. The fourth-order valence-corrected chi connectivity index (χ4v) is 0.827. The smallest absolute Gasteiger partial charge is 0.328 e. The van der Waals surface area contributed by atoms with Gasteiger partial charge in [0.05, 0.1) is 11.1 Å². The lowest BCUT2D eigenvalue weighted by Gasteiger charge is -2.07. The summed E-state index contributed by atoms with van der Waals surface area (Å²) >= 11 is 0. The predicted octanol–water partition coefficient (Wildman–Crippen LogP) is 2.33. The van der Waals surface area contributed by atoms with Crippen molar-refractivity contribution in [2.24, 2.45) is 0 Å². The molecule has 0 saturated carbocycles. The van der Waals surface area contributed by atoms with Crippen LogP contribution in [-0.4, -0.2) is 4.98 Å². The number of nitrogens with one attached hydrogen (secondary N) is 1. The molecule has 0 bridgehead atoms. The van der Waals surface area contributed by atoms with Gasteiger partial charge in [-0.2, -0.15) is 13.2 Å². The van der Waals surface area contributed by atoms with Crippen molar-refractivity contribution in [1.29, 1.82) is 0 Å². The molecule has 78 valence electrons. The molecular formula is C7H4F5NO. The highest BCUT2D eigenvalue weighted by atomic mass is 19.4. The Labute approximate surface area is 74.4 Å². The average molecular weight is 213 g/mol. The van der Waals surface area contributed by atoms with Gasteiger partial charge in [0.25, 0.3) is 12.0 Å². The number of hydrogen-bond acceptors (Lipinski definition) is 1. The third-order valence-corrected chi connectivity index (χ3v) is 1.49. The van der Waals surface area contributed by atoms with Crippen molar-refractivity contribution in [3.05, 3.63) is 33.7 Å². The van der Waals surface area contributed by atoms with E-state index in [1.165, 1.54) is 0 Å². The monoisotopic (exact) mass is 213 g/mol. The lowest BCUT2D eigenvalue weighted by molar-refractivity contribution is -0.138. The summed E-state index contributed by atoms with van der Waals surface area (Å²) in [6.07, 6.45) is -7.61. The van der Waals surface area contributed by atoms with Crippen LogP contribution in [0.3, 0.4) is 0 Å². The molecule has 7 heteroatoms. The molecule has 1 aromatic heterocycles. The minimum atomic E-state index is -4.74. The standard InChI is InChI=1S/C7H4F5NO/c8-5(9)4-1-3(7(10,11)12)2-13-6(4)14/h1-2,5H,(H,13,14). The Morgan fingerprint density at radius 2 is 1.86 bits per heavy atom. The molecule has 0 radical (unpaired) electrons. The number of H-pyrrole nitrogens is 1. The summed E-state index contributed by atoms with van der Waals surface area (Å²) in [6.45, 7) is 0. The summed E-state index contributed by atoms with van der Waals surface area (Å²) in [7, 11) is 0. The summed E-state index contributed by atoms with van der Waals surface area (Å²) in [4.78, 5) is 12.2. The molecule has 0 saturated heterocycles. The fraction of sp³-hybridized carbons (Fsp3) is 0.286. The van der Waals surface area contributed by atoms with Crippen LogP contribution in [0, 0.1) is 0 Å². The van der Waals surface area contributed by atoms with E-state index < -0.39 is 29.3 Å². The molecule has 1 heterocycles. The van der Waals surface area contributed by atoms with Crippen LogP contribution in [0.15, 0.2) is 17.1 Å². The number of aromatic amines is 1. The van der Waals surface area contributed by atoms with Crippen molar-refractivity contribution >= 4 is 0 Å². The number of pyridine rings is 1. The van der Waals surface area contributed by atoms with E-state index in [0.29, 0.717) is 6.20 Å². The second kappa shape index (κ2) is 3.39. The van der Waals surface area contributed by atoms with Crippen LogP contribution < -0.4 is 5.56 Å². The second-order valence-electron chi connectivity index (χ2n) is 2.47. The Kier molecular flexibility index (Phi) is 2.59. The zero-order chi connectivity index (χ0) is 10.9. The Morgan fingerprint density at radius 3 is 2.29 bits per heavy atom. The summed E-state index contributed by atoms with van der Waals surface area (Å²) in [5.41, 5.74) is -3.69. The molecule has 1 aromatic rings. The van der Waals surface area contributed by atoms with Crippen LogP contribution >= 0.6 is 0 Å². The lowest BCUT2D eigenvalue weighted by Crippen LogP contribution is -2.16. The molecule has 0 aliphatic carbocycles. The Balaban J connectivity index is 3.27. The molecule has 0 aromatic carbocycles. The van der Waals surface area contributed by atoms with Gasteiger partial charge in [0.1, 0.15) is 0 Å². The maximum atomic E-state index is 12.0. The van der Waals surface area contributed by atoms with Gasteiger partial charge in [0.15, 0.2) is 0 Å². The third kappa shape index (κ3) is 2.09. The first-order valence-corrected chi connectivity index (χ1v) is 3.40. The van der Waals surface area contributed by atoms with E-state index in [0.717, 1.165) is 0 Å². The van der Waals surface area contributed by atoms with Gasteiger partial charge in [0.2, 0.25) is 0 Å². The van der Waals surface area contributed by atoms with E-state index >= 15 is 0 Å². The van der Waals surface area contributed by atoms with Gasteiger partial charge in [-0.1, -0.05) is 0 Å². The average Bonchev–Trinajstić information content (AvgIpc) is 2.02. The molecule has 0 atom stereocenters. The van der Waals surface area contributed by atoms with Gasteiger partial charge in [0, 0.05) is 6.20 Å². The highest BCUT2D eigenvalue weighted by Gasteiger charge is 2.32. The number of alkyl halides is 5. The molecule has 0 unspecified atom stereocenters. The van der Waals surface area contributed by atoms with Crippen molar-refractivity contribution in [3.8, 4) is 0 Å². The quantitative estimate of drug-likeness (QED) is 0.713. The molecule has 1 N–H and O–H groups in total. The molecule has 0 fully saturated rings. The van der Waals surface area contributed by atoms with Crippen LogP contribution in [-0.2, 0) is 6.18 Å². The summed E-state index contributed by atoms with van der Waals surface area (Å²) in [5.74, 6) is 0. The van der Waals surface area contributed by atoms with Gasteiger partial charge in [-0.05, 0) is 6.07 Å². The van der Waals surface area contributed by atoms with Gasteiger partial charge in [-0.15, -0.1) is 0 Å². The molecule has 14 heavy (non-hydrogen) atoms. The van der Waals surface area contributed by atoms with Crippen molar-refractivity contribution in [2.75, 3.05) is 0 Å². The topological polar surface area (TPSA) is 32.9 Å². The van der Waals surface area contributed by atoms with E-state index in [1.807, 2.05) is 0 Å². The maximum Gasteiger partial charge on any atom is 0.417 e. The van der Waals surface area contributed by atoms with Gasteiger partial charge < -0.3 is 4.98 Å². The highest BCUT2D eigenvalue weighted by molar-refractivity contribution is 5.21. The molecule has 0 spiro atoms. The van der Waals surface area contributed by atoms with Gasteiger partial charge in [-0.3, -0.25) is 4.79 Å². The van der Waals surface area contributed by atoms with Crippen molar-refractivity contribution in [1.82, 2.24) is 4.98 Å². The minimum absolute atomic E-state index is 0.142. The van der Waals surface area contributed by atoms with Crippen LogP contribution in [0.4, 0.5) is 22.0 Å². The number of rotatable bonds is 1. The van der Waals surface area contributed by atoms with Gasteiger partial charge in [-0.25, -0.2) is 8.78 Å². The molecule has 1 rings (SSSR count). The zero-order valence-electron chi connectivity index (χ0n) is 6.53. The van der Waals surface area contributed by atoms with Crippen LogP contribution in [0.5, 0.6) is 0 Å². The van der Waals surface area contributed by atoms with E-state index in [1.54, 1.807) is 4.98 Å². The minimum Gasteiger partial charge on any atom is -0.328 e. The number of aromatic nitrogens is 1. The van der Waals surface area contributed by atoms with Crippen molar-refractivity contribution in [3.63, 3.8) is 0 Å². The van der Waals surface area contributed by atoms with Gasteiger partial charge >= 0.3 is 6.18 Å². The van der Waals surface area contributed by atoms with E-state index in [-0.39, 0.29) is 6.07 Å². The summed E-state index contributed by atoms with van der Waals surface area (Å²) in [5, 5.41) is 0. The molecule has 0 aliphatic rings. The second-order valence-corrected chi connectivity index (χ2v) is 2.47. The SMILES string of the molecule is O=c1[nH]cc(C(F)(F)F)cc1C(F)F. The molecular weight excluding hydrogens is 209 g/mol. The van der Waals surface area contributed by atoms with Crippen molar-refractivity contribution in [2.45, 2.75) is 12.6 Å². The first-order chi connectivity index (χ1) is 6.32.